The van der Waals surface area contributed by atoms with Crippen molar-refractivity contribution in [3.05, 3.63) is 72.3 Å². The Balaban J connectivity index is 1.31. The first-order valence-corrected chi connectivity index (χ1v) is 10.3. The number of ether oxygens (including phenoxy) is 1. The number of anilines is 1. The fraction of sp³-hybridized carbons (Fsp3) is 0.250. The van der Waals surface area contributed by atoms with Gasteiger partial charge in [0.25, 0.3) is 5.91 Å². The molecule has 4 rings (SSSR count). The summed E-state index contributed by atoms with van der Waals surface area (Å²) in [5.41, 5.74) is 2.14. The van der Waals surface area contributed by atoms with Crippen molar-refractivity contribution >= 4 is 17.5 Å². The predicted octanol–water partition coefficient (Wildman–Crippen LogP) is 3.21. The van der Waals surface area contributed by atoms with Crippen LogP contribution in [0.2, 0.25) is 0 Å². The number of hydrogen-bond donors (Lipinski definition) is 0. The van der Waals surface area contributed by atoms with Crippen LogP contribution < -0.4 is 9.64 Å². The van der Waals surface area contributed by atoms with Crippen LogP contribution in [0.15, 0.2) is 60.9 Å². The van der Waals surface area contributed by atoms with Crippen LogP contribution in [0.25, 0.3) is 11.3 Å². The minimum Gasteiger partial charge on any atom is -0.484 e. The fourth-order valence-electron chi connectivity index (χ4n) is 3.51. The molecule has 3 aromatic rings. The number of benzene rings is 2. The van der Waals surface area contributed by atoms with Crippen molar-refractivity contribution < 1.29 is 18.7 Å². The average Bonchev–Trinajstić information content (AvgIpc) is 2.83. The van der Waals surface area contributed by atoms with E-state index in [1.807, 2.05) is 6.07 Å². The highest BCUT2D eigenvalue weighted by atomic mass is 19.1. The van der Waals surface area contributed by atoms with Crippen LogP contribution in [0, 0.1) is 5.82 Å². The number of Topliss-reactive ketones (excluding diaryl/α,β-unsaturated/α-hetero) is 1. The van der Waals surface area contributed by atoms with Crippen LogP contribution in [0.4, 0.5) is 10.2 Å². The molecule has 0 saturated carbocycles. The molecule has 0 atom stereocenters. The van der Waals surface area contributed by atoms with Crippen LogP contribution in [-0.2, 0) is 4.79 Å². The molecule has 0 unspecified atom stereocenters. The van der Waals surface area contributed by atoms with Crippen LogP contribution in [-0.4, -0.2) is 59.3 Å². The van der Waals surface area contributed by atoms with Gasteiger partial charge < -0.3 is 14.5 Å². The van der Waals surface area contributed by atoms with Gasteiger partial charge in [0, 0.05) is 43.4 Å². The second kappa shape index (κ2) is 9.55. The molecule has 7 nitrogen and oxygen atoms in total. The standard InChI is InChI=1S/C24H23FN4O3/c1-17(30)18-4-8-21(9-5-18)32-15-24(31)29-12-10-28(11-13-29)23-14-22(26-16-27-23)19-2-6-20(25)7-3-19/h2-9,14,16H,10-13,15H2,1H3. The van der Waals surface area contributed by atoms with Crippen molar-refractivity contribution in [3.8, 4) is 17.0 Å². The summed E-state index contributed by atoms with van der Waals surface area (Å²) in [5, 5.41) is 0. The zero-order valence-electron chi connectivity index (χ0n) is 17.7. The largest absolute Gasteiger partial charge is 0.484 e. The van der Waals surface area contributed by atoms with E-state index >= 15 is 0 Å². The highest BCUT2D eigenvalue weighted by Gasteiger charge is 2.22. The number of ketones is 1. The van der Waals surface area contributed by atoms with E-state index in [0.29, 0.717) is 37.5 Å². The molecule has 2 heterocycles. The Hall–Kier alpha value is -3.81. The molecule has 8 heteroatoms. The monoisotopic (exact) mass is 434 g/mol. The average molecular weight is 434 g/mol. The quantitative estimate of drug-likeness (QED) is 0.555. The van der Waals surface area contributed by atoms with Gasteiger partial charge in [0.15, 0.2) is 12.4 Å². The predicted molar refractivity (Wildman–Crippen MR) is 118 cm³/mol. The summed E-state index contributed by atoms with van der Waals surface area (Å²) in [6.45, 7) is 3.84. The number of halogens is 1. The molecule has 164 valence electrons. The smallest absolute Gasteiger partial charge is 0.260 e. The van der Waals surface area contributed by atoms with Crippen LogP contribution >= 0.6 is 0 Å². The maximum absolute atomic E-state index is 13.2. The van der Waals surface area contributed by atoms with Crippen molar-refractivity contribution in [3.63, 3.8) is 0 Å². The number of carbonyl (C=O) groups is 2. The maximum atomic E-state index is 13.2. The van der Waals surface area contributed by atoms with E-state index in [2.05, 4.69) is 14.9 Å². The second-order valence-electron chi connectivity index (χ2n) is 7.51. The van der Waals surface area contributed by atoms with E-state index in [1.165, 1.54) is 25.4 Å². The van der Waals surface area contributed by atoms with E-state index in [4.69, 9.17) is 4.74 Å². The van der Waals surface area contributed by atoms with Crippen LogP contribution in [0.3, 0.4) is 0 Å². The molecule has 1 amide bonds. The van der Waals surface area contributed by atoms with Crippen molar-refractivity contribution in [1.82, 2.24) is 14.9 Å². The van der Waals surface area contributed by atoms with Gasteiger partial charge in [-0.25, -0.2) is 14.4 Å². The SMILES string of the molecule is CC(=O)c1ccc(OCC(=O)N2CCN(c3cc(-c4ccc(F)cc4)ncn3)CC2)cc1. The first kappa shape index (κ1) is 21.4. The molecule has 0 spiro atoms. The van der Waals surface area contributed by atoms with E-state index in [1.54, 1.807) is 41.3 Å². The van der Waals surface area contributed by atoms with Gasteiger partial charge in [-0.05, 0) is 55.5 Å². The lowest BCUT2D eigenvalue weighted by molar-refractivity contribution is -0.133. The van der Waals surface area contributed by atoms with Gasteiger partial charge in [-0.2, -0.15) is 0 Å². The summed E-state index contributed by atoms with van der Waals surface area (Å²) >= 11 is 0. The minimum atomic E-state index is -0.291. The Morgan fingerprint density at radius 2 is 1.66 bits per heavy atom. The molecular formula is C24H23FN4O3. The summed E-state index contributed by atoms with van der Waals surface area (Å²) < 4.78 is 18.8. The maximum Gasteiger partial charge on any atom is 0.260 e. The zero-order chi connectivity index (χ0) is 22.5. The Morgan fingerprint density at radius 1 is 0.969 bits per heavy atom. The van der Waals surface area contributed by atoms with Crippen molar-refractivity contribution in [2.45, 2.75) is 6.92 Å². The number of piperazine rings is 1. The molecular weight excluding hydrogens is 411 g/mol. The van der Waals surface area contributed by atoms with Crippen LogP contribution in [0.1, 0.15) is 17.3 Å². The first-order valence-electron chi connectivity index (χ1n) is 10.3. The fourth-order valence-corrected chi connectivity index (χ4v) is 3.51. The lowest BCUT2D eigenvalue weighted by Crippen LogP contribution is -2.50. The molecule has 0 bridgehead atoms. The summed E-state index contributed by atoms with van der Waals surface area (Å²) in [6.07, 6.45) is 1.50. The Kier molecular flexibility index (Phi) is 6.39. The van der Waals surface area contributed by atoms with Gasteiger partial charge in [-0.1, -0.05) is 0 Å². The first-order chi connectivity index (χ1) is 15.5. The molecule has 2 aromatic carbocycles. The number of hydrogen-bond acceptors (Lipinski definition) is 6. The molecule has 1 aliphatic heterocycles. The van der Waals surface area contributed by atoms with Crippen molar-refractivity contribution in [1.29, 1.82) is 0 Å². The molecule has 1 saturated heterocycles. The summed E-state index contributed by atoms with van der Waals surface area (Å²) in [4.78, 5) is 36.4. The Bertz CT molecular complexity index is 1090. The number of carbonyl (C=O) groups excluding carboxylic acids is 2. The van der Waals surface area contributed by atoms with E-state index in [0.717, 1.165) is 17.1 Å². The van der Waals surface area contributed by atoms with Crippen molar-refractivity contribution in [2.24, 2.45) is 0 Å². The minimum absolute atomic E-state index is 0.0148. The van der Waals surface area contributed by atoms with Gasteiger partial charge in [-0.3, -0.25) is 9.59 Å². The third-order valence-electron chi connectivity index (χ3n) is 5.37. The van der Waals surface area contributed by atoms with Gasteiger partial charge in [0.05, 0.1) is 5.69 Å². The van der Waals surface area contributed by atoms with Crippen LogP contribution in [0.5, 0.6) is 5.75 Å². The highest BCUT2D eigenvalue weighted by molar-refractivity contribution is 5.94. The molecule has 1 aliphatic rings. The normalized spacial score (nSPS) is 13.7. The van der Waals surface area contributed by atoms with E-state index in [9.17, 15) is 14.0 Å². The molecule has 1 aromatic heterocycles. The lowest BCUT2D eigenvalue weighted by Gasteiger charge is -2.35. The Labute approximate surface area is 185 Å². The molecule has 1 fully saturated rings. The molecule has 0 radical (unpaired) electrons. The topological polar surface area (TPSA) is 75.6 Å². The summed E-state index contributed by atoms with van der Waals surface area (Å²) in [7, 11) is 0. The van der Waals surface area contributed by atoms with Crippen molar-refractivity contribution in [2.75, 3.05) is 37.7 Å². The third kappa shape index (κ3) is 5.08. The zero-order valence-corrected chi connectivity index (χ0v) is 17.7. The number of rotatable bonds is 6. The lowest BCUT2D eigenvalue weighted by atomic mass is 10.1. The second-order valence-corrected chi connectivity index (χ2v) is 7.51. The van der Waals surface area contributed by atoms with Gasteiger partial charge in [0.1, 0.15) is 23.7 Å². The van der Waals surface area contributed by atoms with E-state index in [-0.39, 0.29) is 24.1 Å². The summed E-state index contributed by atoms with van der Waals surface area (Å²) in [5.74, 6) is 0.930. The number of nitrogens with zero attached hydrogens (tertiary/aromatic N) is 4. The summed E-state index contributed by atoms with van der Waals surface area (Å²) in [6, 6.07) is 14.8. The van der Waals surface area contributed by atoms with E-state index < -0.39 is 0 Å². The van der Waals surface area contributed by atoms with Gasteiger partial charge in [0.2, 0.25) is 0 Å². The molecule has 32 heavy (non-hydrogen) atoms. The van der Waals surface area contributed by atoms with Gasteiger partial charge in [-0.15, -0.1) is 0 Å². The van der Waals surface area contributed by atoms with Gasteiger partial charge >= 0.3 is 0 Å². The number of amides is 1. The Morgan fingerprint density at radius 3 is 2.31 bits per heavy atom. The molecule has 0 aliphatic carbocycles. The highest BCUT2D eigenvalue weighted by Crippen LogP contribution is 2.22. The third-order valence-corrected chi connectivity index (χ3v) is 5.37. The number of aromatic nitrogens is 2. The molecule has 0 N–H and O–H groups in total.